The molecule has 2 aromatic rings. The third kappa shape index (κ3) is 1.62. The molecule has 1 atom stereocenters. The molecule has 0 spiro atoms. The Labute approximate surface area is 93.7 Å². The molecule has 2 rings (SSSR count). The number of hydrogen-bond donors (Lipinski definition) is 2. The van der Waals surface area contributed by atoms with Crippen LogP contribution in [0.15, 0.2) is 29.0 Å². The molecule has 3 N–H and O–H groups in total. The lowest BCUT2D eigenvalue weighted by Crippen LogP contribution is -2.23. The Bertz CT molecular complexity index is 523. The molecule has 0 aliphatic rings. The SMILES string of the molecule is NC(C(=O)O)c1nc(Br)c2ccccn12. The van der Waals surface area contributed by atoms with Gasteiger partial charge in [-0.05, 0) is 28.1 Å². The summed E-state index contributed by atoms with van der Waals surface area (Å²) in [7, 11) is 0. The van der Waals surface area contributed by atoms with Gasteiger partial charge in [0.2, 0.25) is 0 Å². The predicted octanol–water partition coefficient (Wildman–Crippen LogP) is 1.18. The fraction of sp³-hybridized carbons (Fsp3) is 0.111. The number of aromatic nitrogens is 2. The first-order valence-corrected chi connectivity index (χ1v) is 5.01. The van der Waals surface area contributed by atoms with Crippen molar-refractivity contribution in [3.63, 3.8) is 0 Å². The molecule has 78 valence electrons. The van der Waals surface area contributed by atoms with E-state index in [2.05, 4.69) is 20.9 Å². The van der Waals surface area contributed by atoms with Gasteiger partial charge in [0.15, 0.2) is 6.04 Å². The number of fused-ring (bicyclic) bond motifs is 1. The molecule has 0 radical (unpaired) electrons. The summed E-state index contributed by atoms with van der Waals surface area (Å²) >= 11 is 3.25. The minimum Gasteiger partial charge on any atom is -0.480 e. The zero-order chi connectivity index (χ0) is 11.0. The summed E-state index contributed by atoms with van der Waals surface area (Å²) in [4.78, 5) is 14.8. The molecule has 0 amide bonds. The topological polar surface area (TPSA) is 80.6 Å². The van der Waals surface area contributed by atoms with Crippen molar-refractivity contribution in [2.24, 2.45) is 5.73 Å². The van der Waals surface area contributed by atoms with Crippen LogP contribution in [0.5, 0.6) is 0 Å². The largest absolute Gasteiger partial charge is 0.480 e. The van der Waals surface area contributed by atoms with Gasteiger partial charge in [-0.15, -0.1) is 0 Å². The number of nitrogens with two attached hydrogens (primary N) is 1. The van der Waals surface area contributed by atoms with E-state index in [1.54, 1.807) is 16.7 Å². The van der Waals surface area contributed by atoms with Gasteiger partial charge in [0, 0.05) is 6.20 Å². The highest BCUT2D eigenvalue weighted by Crippen LogP contribution is 2.21. The molecule has 0 fully saturated rings. The van der Waals surface area contributed by atoms with Crippen molar-refractivity contribution in [3.8, 4) is 0 Å². The fourth-order valence-corrected chi connectivity index (χ4v) is 1.86. The Kier molecular flexibility index (Phi) is 2.45. The molecule has 1 unspecified atom stereocenters. The summed E-state index contributed by atoms with van der Waals surface area (Å²) in [5.74, 6) is -0.789. The summed E-state index contributed by atoms with van der Waals surface area (Å²) in [6, 6.07) is 4.35. The van der Waals surface area contributed by atoms with Gasteiger partial charge in [-0.25, -0.2) is 4.98 Å². The molecule has 2 aromatic heterocycles. The van der Waals surface area contributed by atoms with Crippen molar-refractivity contribution in [3.05, 3.63) is 34.8 Å². The lowest BCUT2D eigenvalue weighted by atomic mass is 10.3. The van der Waals surface area contributed by atoms with Crippen LogP contribution in [0.4, 0.5) is 0 Å². The van der Waals surface area contributed by atoms with Crippen LogP contribution in [-0.2, 0) is 4.79 Å². The van der Waals surface area contributed by atoms with Crippen molar-refractivity contribution in [1.82, 2.24) is 9.38 Å². The highest BCUT2D eigenvalue weighted by Gasteiger charge is 2.21. The van der Waals surface area contributed by atoms with Crippen LogP contribution in [0.3, 0.4) is 0 Å². The number of imidazole rings is 1. The number of nitrogens with zero attached hydrogens (tertiary/aromatic N) is 2. The van der Waals surface area contributed by atoms with Gasteiger partial charge in [0.05, 0.1) is 5.52 Å². The second-order valence-electron chi connectivity index (χ2n) is 3.03. The van der Waals surface area contributed by atoms with E-state index in [9.17, 15) is 4.79 Å². The van der Waals surface area contributed by atoms with E-state index in [1.807, 2.05) is 12.1 Å². The number of pyridine rings is 1. The van der Waals surface area contributed by atoms with Crippen molar-refractivity contribution in [2.45, 2.75) is 6.04 Å². The van der Waals surface area contributed by atoms with E-state index in [-0.39, 0.29) is 0 Å². The summed E-state index contributed by atoms with van der Waals surface area (Å²) < 4.78 is 2.25. The van der Waals surface area contributed by atoms with E-state index in [1.165, 1.54) is 0 Å². The van der Waals surface area contributed by atoms with Gasteiger partial charge in [-0.1, -0.05) is 6.07 Å². The number of aliphatic carboxylic acids is 1. The second kappa shape index (κ2) is 3.63. The average molecular weight is 270 g/mol. The van der Waals surface area contributed by atoms with Gasteiger partial charge in [0.25, 0.3) is 0 Å². The van der Waals surface area contributed by atoms with Crippen molar-refractivity contribution < 1.29 is 9.90 Å². The van der Waals surface area contributed by atoms with E-state index in [4.69, 9.17) is 10.8 Å². The molecule has 0 bridgehead atoms. The van der Waals surface area contributed by atoms with E-state index in [0.29, 0.717) is 10.4 Å². The quantitative estimate of drug-likeness (QED) is 0.858. The standard InChI is InChI=1S/C9H8BrN3O2/c10-7-5-3-1-2-4-13(5)8(12-7)6(11)9(14)15/h1-4,6H,11H2,(H,14,15). The van der Waals surface area contributed by atoms with Crippen LogP contribution in [0.25, 0.3) is 5.52 Å². The van der Waals surface area contributed by atoms with Gasteiger partial charge in [-0.2, -0.15) is 0 Å². The molecular weight excluding hydrogens is 262 g/mol. The van der Waals surface area contributed by atoms with Crippen LogP contribution in [-0.4, -0.2) is 20.5 Å². The van der Waals surface area contributed by atoms with E-state index < -0.39 is 12.0 Å². The number of carbonyl (C=O) groups is 1. The van der Waals surface area contributed by atoms with Crippen molar-refractivity contribution in [1.29, 1.82) is 0 Å². The minimum absolute atomic E-state index is 0.310. The number of carboxylic acids is 1. The summed E-state index contributed by atoms with van der Waals surface area (Å²) in [6.07, 6.45) is 1.73. The highest BCUT2D eigenvalue weighted by atomic mass is 79.9. The molecule has 0 aromatic carbocycles. The van der Waals surface area contributed by atoms with Crippen LogP contribution >= 0.6 is 15.9 Å². The molecule has 0 saturated heterocycles. The van der Waals surface area contributed by atoms with Gasteiger partial charge >= 0.3 is 5.97 Å². The smallest absolute Gasteiger partial charge is 0.328 e. The Morgan fingerprint density at radius 2 is 2.33 bits per heavy atom. The molecule has 0 aliphatic heterocycles. The molecule has 15 heavy (non-hydrogen) atoms. The monoisotopic (exact) mass is 269 g/mol. The number of carboxylic acid groups (broad SMARTS) is 1. The average Bonchev–Trinajstić information content (AvgIpc) is 2.56. The molecule has 5 nitrogen and oxygen atoms in total. The van der Waals surface area contributed by atoms with Gasteiger partial charge in [-0.3, -0.25) is 4.79 Å². The zero-order valence-corrected chi connectivity index (χ0v) is 9.18. The number of rotatable bonds is 2. The summed E-state index contributed by atoms with van der Waals surface area (Å²) in [5, 5.41) is 8.81. The normalized spacial score (nSPS) is 12.9. The maximum Gasteiger partial charge on any atom is 0.328 e. The van der Waals surface area contributed by atoms with Crippen molar-refractivity contribution in [2.75, 3.05) is 0 Å². The predicted molar refractivity (Wildman–Crippen MR) is 57.5 cm³/mol. The Morgan fingerprint density at radius 3 is 3.00 bits per heavy atom. The molecule has 2 heterocycles. The number of hydrogen-bond acceptors (Lipinski definition) is 3. The summed E-state index contributed by atoms with van der Waals surface area (Å²) in [5.41, 5.74) is 6.31. The minimum atomic E-state index is -1.12. The Balaban J connectivity index is 2.67. The molecule has 0 aliphatic carbocycles. The van der Waals surface area contributed by atoms with Crippen LogP contribution in [0, 0.1) is 0 Å². The Hall–Kier alpha value is -1.40. The van der Waals surface area contributed by atoms with E-state index >= 15 is 0 Å². The second-order valence-corrected chi connectivity index (χ2v) is 3.78. The van der Waals surface area contributed by atoms with Gasteiger partial charge < -0.3 is 15.2 Å². The third-order valence-corrected chi connectivity index (χ3v) is 2.66. The first kappa shape index (κ1) is 10.1. The summed E-state index contributed by atoms with van der Waals surface area (Å²) in [6.45, 7) is 0. The first-order valence-electron chi connectivity index (χ1n) is 4.22. The molecular formula is C9H8BrN3O2. The van der Waals surface area contributed by atoms with E-state index in [0.717, 1.165) is 5.52 Å². The fourth-order valence-electron chi connectivity index (χ4n) is 1.35. The molecule has 6 heteroatoms. The zero-order valence-electron chi connectivity index (χ0n) is 7.59. The lowest BCUT2D eigenvalue weighted by molar-refractivity contribution is -0.138. The lowest BCUT2D eigenvalue weighted by Gasteiger charge is -2.04. The maximum atomic E-state index is 10.8. The highest BCUT2D eigenvalue weighted by molar-refractivity contribution is 9.10. The van der Waals surface area contributed by atoms with Crippen LogP contribution < -0.4 is 5.73 Å². The third-order valence-electron chi connectivity index (χ3n) is 2.07. The Morgan fingerprint density at radius 1 is 1.60 bits per heavy atom. The maximum absolute atomic E-state index is 10.8. The van der Waals surface area contributed by atoms with Crippen LogP contribution in [0.2, 0.25) is 0 Å². The number of halogens is 1. The van der Waals surface area contributed by atoms with Crippen molar-refractivity contribution >= 4 is 27.4 Å². The first-order chi connectivity index (χ1) is 7.11. The molecule has 0 saturated carbocycles. The van der Waals surface area contributed by atoms with Gasteiger partial charge in [0.1, 0.15) is 10.4 Å². The van der Waals surface area contributed by atoms with Crippen LogP contribution in [0.1, 0.15) is 11.9 Å².